The molecule has 5 N–H and O–H groups in total. The van der Waals surface area contributed by atoms with Crippen LogP contribution in [0.1, 0.15) is 15.9 Å². The van der Waals surface area contributed by atoms with Crippen molar-refractivity contribution >= 4 is 51.2 Å². The number of thiazole rings is 2. The third-order valence-electron chi connectivity index (χ3n) is 4.66. The minimum absolute atomic E-state index is 0.276. The first kappa shape index (κ1) is 22.4. The quantitative estimate of drug-likeness (QED) is 0.320. The number of nitrogens with zero attached hydrogens (tertiary/aromatic N) is 2. The van der Waals surface area contributed by atoms with Crippen LogP contribution in [0.3, 0.4) is 0 Å². The van der Waals surface area contributed by atoms with Crippen LogP contribution in [-0.4, -0.2) is 29.0 Å². The monoisotopic (exact) mass is 482 g/mol. The smallest absolute Gasteiger partial charge is 0.320 e. The van der Waals surface area contributed by atoms with Crippen LogP contribution in [0.2, 0.25) is 0 Å². The number of rotatable bonds is 5. The zero-order valence-corrected chi connectivity index (χ0v) is 19.2. The van der Waals surface area contributed by atoms with Gasteiger partial charge in [-0.2, -0.15) is 0 Å². The molecule has 3 amide bonds. The molecule has 0 aliphatic rings. The topological polar surface area (TPSA) is 122 Å². The number of benzene rings is 2. The highest BCUT2D eigenvalue weighted by Gasteiger charge is 2.17. The number of anilines is 3. The zero-order chi connectivity index (χ0) is 23.5. The molecule has 2 heterocycles. The lowest BCUT2D eigenvalue weighted by atomic mass is 10.1. The van der Waals surface area contributed by atoms with Crippen molar-refractivity contribution in [2.24, 2.45) is 0 Å². The molecule has 0 saturated heterocycles. The Kier molecular flexibility index (Phi) is 6.33. The van der Waals surface area contributed by atoms with Gasteiger partial charge in [-0.1, -0.05) is 29.5 Å². The summed E-state index contributed by atoms with van der Waals surface area (Å²) in [6, 6.07) is 10.9. The summed E-state index contributed by atoms with van der Waals surface area (Å²) in [4.78, 5) is 33.6. The number of halogens is 1. The predicted octanol–water partition coefficient (Wildman–Crippen LogP) is 4.97. The number of nitrogens with one attached hydrogen (secondary N) is 3. The minimum atomic E-state index is -0.467. The second kappa shape index (κ2) is 9.35. The third-order valence-corrected chi connectivity index (χ3v) is 6.64. The van der Waals surface area contributed by atoms with Gasteiger partial charge in [-0.3, -0.25) is 10.1 Å². The van der Waals surface area contributed by atoms with E-state index in [0.717, 1.165) is 5.56 Å². The van der Waals surface area contributed by atoms with Crippen LogP contribution >= 0.6 is 22.7 Å². The lowest BCUT2D eigenvalue weighted by Crippen LogP contribution is -2.24. The van der Waals surface area contributed by atoms with Gasteiger partial charge < -0.3 is 16.4 Å². The van der Waals surface area contributed by atoms with E-state index in [9.17, 15) is 14.0 Å². The number of carbonyl (C=O) groups is 2. The summed E-state index contributed by atoms with van der Waals surface area (Å²) >= 11 is 2.62. The molecule has 0 aliphatic heterocycles. The number of hydrogen-bond acceptors (Lipinski definition) is 7. The van der Waals surface area contributed by atoms with Crippen LogP contribution in [0.5, 0.6) is 0 Å². The first-order valence-corrected chi connectivity index (χ1v) is 11.4. The van der Waals surface area contributed by atoms with Crippen molar-refractivity contribution < 1.29 is 14.0 Å². The van der Waals surface area contributed by atoms with Gasteiger partial charge in [0.05, 0.1) is 5.69 Å². The highest BCUT2D eigenvalue weighted by Crippen LogP contribution is 2.38. The summed E-state index contributed by atoms with van der Waals surface area (Å²) in [6.45, 7) is 1.75. The Morgan fingerprint density at radius 1 is 1.09 bits per heavy atom. The second-order valence-corrected chi connectivity index (χ2v) is 8.83. The molecule has 168 valence electrons. The number of hydrogen-bond donors (Lipinski definition) is 4. The molecule has 2 aromatic carbocycles. The van der Waals surface area contributed by atoms with Crippen molar-refractivity contribution in [1.82, 2.24) is 15.3 Å². The molecular formula is C22H19FN6O2S2. The number of aryl methyl sites for hydroxylation is 1. The van der Waals surface area contributed by atoms with E-state index in [-0.39, 0.29) is 17.4 Å². The van der Waals surface area contributed by atoms with E-state index < -0.39 is 11.7 Å². The third kappa shape index (κ3) is 4.99. The maximum absolute atomic E-state index is 13.6. The highest BCUT2D eigenvalue weighted by atomic mass is 32.1. The normalized spacial score (nSPS) is 10.6. The Morgan fingerprint density at radius 3 is 2.70 bits per heavy atom. The molecule has 33 heavy (non-hydrogen) atoms. The summed E-state index contributed by atoms with van der Waals surface area (Å²) < 4.78 is 13.6. The van der Waals surface area contributed by atoms with Crippen LogP contribution in [0.25, 0.3) is 21.1 Å². The average Bonchev–Trinajstić information content (AvgIpc) is 3.42. The number of aromatic nitrogens is 2. The molecular weight excluding hydrogens is 463 g/mol. The number of nitrogens with two attached hydrogens (primary N) is 1. The minimum Gasteiger partial charge on any atom is -0.382 e. The number of nitrogen functional groups attached to an aromatic ring is 1. The fraction of sp³-hybridized carbons (Fsp3) is 0.0909. The van der Waals surface area contributed by atoms with Gasteiger partial charge in [0.2, 0.25) is 0 Å². The van der Waals surface area contributed by atoms with Gasteiger partial charge in [0.1, 0.15) is 21.5 Å². The fourth-order valence-electron chi connectivity index (χ4n) is 3.00. The van der Waals surface area contributed by atoms with Crippen molar-refractivity contribution in [3.63, 3.8) is 0 Å². The maximum Gasteiger partial charge on any atom is 0.320 e. The standard InChI is InChI=1S/C22H19FN6O2S2/c1-11-6-7-13(23)9-15(11)19(30)26-14-5-3-4-12(8-14)16-10-32-20(27-16)17-18(24)28-22(33-17)29-21(31)25-2/h3-10H,24H2,1-2H3,(H,26,30)(H2,25,28,29,31). The summed E-state index contributed by atoms with van der Waals surface area (Å²) in [5.74, 6) is -0.582. The first-order valence-electron chi connectivity index (χ1n) is 9.73. The van der Waals surface area contributed by atoms with Crippen LogP contribution in [0.4, 0.5) is 25.8 Å². The average molecular weight is 483 g/mol. The SMILES string of the molecule is CNC(=O)Nc1nc(N)c(-c2nc(-c3cccc(NC(=O)c4cc(F)ccc4C)c3)cs2)s1. The second-order valence-electron chi connectivity index (χ2n) is 6.97. The number of urea groups is 1. The Hall–Kier alpha value is -3.83. The van der Waals surface area contributed by atoms with Crippen molar-refractivity contribution in [3.8, 4) is 21.1 Å². The van der Waals surface area contributed by atoms with E-state index in [4.69, 9.17) is 5.73 Å². The molecule has 0 aliphatic carbocycles. The van der Waals surface area contributed by atoms with Gasteiger partial charge in [0.25, 0.3) is 5.91 Å². The molecule has 0 unspecified atom stereocenters. The molecule has 0 bridgehead atoms. The first-order chi connectivity index (χ1) is 15.8. The molecule has 0 fully saturated rings. The summed E-state index contributed by atoms with van der Waals surface area (Å²) in [6.07, 6.45) is 0. The van der Waals surface area contributed by atoms with Crippen LogP contribution in [-0.2, 0) is 0 Å². The zero-order valence-electron chi connectivity index (χ0n) is 17.6. The van der Waals surface area contributed by atoms with Crippen LogP contribution in [0.15, 0.2) is 47.8 Å². The maximum atomic E-state index is 13.6. The largest absolute Gasteiger partial charge is 0.382 e. The number of amides is 3. The van der Waals surface area contributed by atoms with Gasteiger partial charge >= 0.3 is 6.03 Å². The van der Waals surface area contributed by atoms with Crippen molar-refractivity contribution in [2.75, 3.05) is 23.4 Å². The molecule has 0 saturated carbocycles. The van der Waals surface area contributed by atoms with E-state index in [1.54, 1.807) is 31.2 Å². The van der Waals surface area contributed by atoms with Gasteiger partial charge in [0.15, 0.2) is 5.13 Å². The van der Waals surface area contributed by atoms with E-state index in [1.165, 1.54) is 41.9 Å². The van der Waals surface area contributed by atoms with E-state index in [2.05, 4.69) is 25.9 Å². The molecule has 11 heteroatoms. The van der Waals surface area contributed by atoms with Gasteiger partial charge in [-0.05, 0) is 36.8 Å². The molecule has 4 rings (SSSR count). The lowest BCUT2D eigenvalue weighted by molar-refractivity contribution is 0.102. The van der Waals surface area contributed by atoms with Crippen molar-refractivity contribution in [1.29, 1.82) is 0 Å². The molecule has 0 spiro atoms. The summed E-state index contributed by atoms with van der Waals surface area (Å²) in [5.41, 5.74) is 9.02. The molecule has 4 aromatic rings. The fourth-order valence-corrected chi connectivity index (χ4v) is 4.81. The lowest BCUT2D eigenvalue weighted by Gasteiger charge is -2.09. The van der Waals surface area contributed by atoms with Crippen LogP contribution in [0, 0.1) is 12.7 Å². The Balaban J connectivity index is 1.55. The van der Waals surface area contributed by atoms with Crippen molar-refractivity contribution in [3.05, 3.63) is 64.8 Å². The summed E-state index contributed by atoms with van der Waals surface area (Å²) in [7, 11) is 1.51. The Bertz CT molecular complexity index is 1350. The molecule has 0 atom stereocenters. The number of carbonyl (C=O) groups excluding carboxylic acids is 2. The van der Waals surface area contributed by atoms with E-state index in [0.29, 0.717) is 32.0 Å². The van der Waals surface area contributed by atoms with E-state index in [1.807, 2.05) is 11.4 Å². The predicted molar refractivity (Wildman–Crippen MR) is 130 cm³/mol. The summed E-state index contributed by atoms with van der Waals surface area (Å²) in [5, 5.41) is 10.8. The molecule has 2 aromatic heterocycles. The highest BCUT2D eigenvalue weighted by molar-refractivity contribution is 7.23. The Morgan fingerprint density at radius 2 is 1.91 bits per heavy atom. The van der Waals surface area contributed by atoms with Gasteiger partial charge in [-0.25, -0.2) is 19.2 Å². The van der Waals surface area contributed by atoms with Crippen molar-refractivity contribution in [2.45, 2.75) is 6.92 Å². The van der Waals surface area contributed by atoms with Gasteiger partial charge in [-0.15, -0.1) is 11.3 Å². The molecule has 8 nitrogen and oxygen atoms in total. The van der Waals surface area contributed by atoms with E-state index >= 15 is 0 Å². The van der Waals surface area contributed by atoms with Gasteiger partial charge in [0, 0.05) is 29.2 Å². The molecule has 0 radical (unpaired) electrons. The van der Waals surface area contributed by atoms with Crippen LogP contribution < -0.4 is 21.7 Å². The Labute approximate surface area is 196 Å².